The van der Waals surface area contributed by atoms with Gasteiger partial charge in [-0.2, -0.15) is 0 Å². The van der Waals surface area contributed by atoms with Gasteiger partial charge in [-0.25, -0.2) is 4.98 Å². The van der Waals surface area contributed by atoms with Crippen LogP contribution >= 0.6 is 0 Å². The number of imidazole rings is 1. The summed E-state index contributed by atoms with van der Waals surface area (Å²) in [5.41, 5.74) is 3.11. The lowest BCUT2D eigenvalue weighted by molar-refractivity contribution is -0.122. The van der Waals surface area contributed by atoms with Crippen molar-refractivity contribution in [2.45, 2.75) is 32.2 Å². The molecule has 6 heteroatoms. The molecule has 5 rings (SSSR count). The van der Waals surface area contributed by atoms with Crippen LogP contribution in [0.15, 0.2) is 84.9 Å². The molecule has 0 saturated carbocycles. The van der Waals surface area contributed by atoms with E-state index < -0.39 is 0 Å². The van der Waals surface area contributed by atoms with Crippen LogP contribution in [0.25, 0.3) is 11.0 Å². The Bertz CT molecular complexity index is 1210. The number of amides is 1. The summed E-state index contributed by atoms with van der Waals surface area (Å²) in [6, 6.07) is 28.2. The molecule has 1 aliphatic heterocycles. The van der Waals surface area contributed by atoms with Crippen LogP contribution in [0.4, 0.5) is 0 Å². The maximum absolute atomic E-state index is 13.0. The number of rotatable bonds is 8. The van der Waals surface area contributed by atoms with Gasteiger partial charge in [0.2, 0.25) is 5.91 Å². The van der Waals surface area contributed by atoms with Gasteiger partial charge in [0.25, 0.3) is 0 Å². The summed E-state index contributed by atoms with van der Waals surface area (Å²) in [4.78, 5) is 20.1. The van der Waals surface area contributed by atoms with Crippen LogP contribution in [0.5, 0.6) is 5.75 Å². The van der Waals surface area contributed by atoms with Gasteiger partial charge in [0.1, 0.15) is 24.7 Å². The van der Waals surface area contributed by atoms with Crippen LogP contribution in [0.3, 0.4) is 0 Å². The monoisotopic (exact) mass is 440 g/mol. The Kier molecular flexibility index (Phi) is 6.35. The summed E-state index contributed by atoms with van der Waals surface area (Å²) in [7, 11) is 0. The van der Waals surface area contributed by atoms with Gasteiger partial charge in [-0.15, -0.1) is 0 Å². The second-order valence-corrected chi connectivity index (χ2v) is 8.48. The van der Waals surface area contributed by atoms with Gasteiger partial charge in [-0.05, 0) is 36.2 Å². The minimum Gasteiger partial charge on any atom is -0.486 e. The Balaban J connectivity index is 1.23. The van der Waals surface area contributed by atoms with Crippen molar-refractivity contribution in [1.29, 1.82) is 0 Å². The molecular weight excluding hydrogens is 412 g/mol. The van der Waals surface area contributed by atoms with Crippen molar-refractivity contribution in [3.05, 3.63) is 96.3 Å². The largest absolute Gasteiger partial charge is 0.486 e. The normalized spacial score (nSPS) is 16.2. The maximum Gasteiger partial charge on any atom is 0.240 e. The number of carbonyl (C=O) groups excluding carboxylic acids is 1. The van der Waals surface area contributed by atoms with E-state index in [1.165, 1.54) is 5.56 Å². The molecule has 4 aromatic rings. The zero-order chi connectivity index (χ0) is 22.5. The van der Waals surface area contributed by atoms with Gasteiger partial charge in [0.05, 0.1) is 11.0 Å². The first-order chi connectivity index (χ1) is 16.2. The number of ether oxygens (including phenoxy) is 1. The van der Waals surface area contributed by atoms with E-state index in [1.54, 1.807) is 0 Å². The lowest BCUT2D eigenvalue weighted by atomic mass is 10.2. The molecule has 168 valence electrons. The highest BCUT2D eigenvalue weighted by Gasteiger charge is 2.24. The van der Waals surface area contributed by atoms with Gasteiger partial charge >= 0.3 is 0 Å². The summed E-state index contributed by atoms with van der Waals surface area (Å²) in [5, 5.41) is 3.23. The van der Waals surface area contributed by atoms with Crippen LogP contribution in [0.1, 0.15) is 17.8 Å². The standard InChI is InChI=1S/C27H28N4O2/c32-27(28-22-15-16-30(18-22)17-21-9-3-1-4-10-21)19-31-25-14-8-7-13-24(25)29-26(31)20-33-23-11-5-2-6-12-23/h1-14,22H,15-20H2,(H,28,32). The predicted molar refractivity (Wildman–Crippen MR) is 129 cm³/mol. The lowest BCUT2D eigenvalue weighted by Gasteiger charge is -2.17. The number of nitrogens with zero attached hydrogens (tertiary/aromatic N) is 3. The van der Waals surface area contributed by atoms with Crippen molar-refractivity contribution in [2.24, 2.45) is 0 Å². The molecule has 1 amide bonds. The molecule has 1 unspecified atom stereocenters. The highest BCUT2D eigenvalue weighted by atomic mass is 16.5. The third-order valence-corrected chi connectivity index (χ3v) is 6.03. The Labute approximate surface area is 193 Å². The quantitative estimate of drug-likeness (QED) is 0.450. The molecule has 1 N–H and O–H groups in total. The van der Waals surface area contributed by atoms with E-state index in [-0.39, 0.29) is 18.5 Å². The molecule has 6 nitrogen and oxygen atoms in total. The molecule has 1 fully saturated rings. The Morgan fingerprint density at radius 1 is 0.970 bits per heavy atom. The van der Waals surface area contributed by atoms with Crippen molar-refractivity contribution < 1.29 is 9.53 Å². The molecule has 0 bridgehead atoms. The fourth-order valence-corrected chi connectivity index (χ4v) is 4.43. The number of benzene rings is 3. The number of fused-ring (bicyclic) bond motifs is 1. The van der Waals surface area contributed by atoms with Crippen LogP contribution in [-0.2, 0) is 24.5 Å². The van der Waals surface area contributed by atoms with Gasteiger partial charge in [-0.1, -0.05) is 60.7 Å². The molecule has 1 saturated heterocycles. The zero-order valence-electron chi connectivity index (χ0n) is 18.6. The van der Waals surface area contributed by atoms with Crippen molar-refractivity contribution in [1.82, 2.24) is 19.8 Å². The Morgan fingerprint density at radius 3 is 2.52 bits per heavy atom. The SMILES string of the molecule is O=C(Cn1c(COc2ccccc2)nc2ccccc21)NC1CCN(Cc2ccccc2)C1. The van der Waals surface area contributed by atoms with Gasteiger partial charge in [0, 0.05) is 25.7 Å². The highest BCUT2D eigenvalue weighted by Crippen LogP contribution is 2.19. The topological polar surface area (TPSA) is 59.4 Å². The van der Waals surface area contributed by atoms with Crippen molar-refractivity contribution in [2.75, 3.05) is 13.1 Å². The molecule has 1 aromatic heterocycles. The molecule has 0 aliphatic carbocycles. The van der Waals surface area contributed by atoms with Crippen LogP contribution in [-0.4, -0.2) is 39.5 Å². The van der Waals surface area contributed by atoms with E-state index in [4.69, 9.17) is 9.72 Å². The van der Waals surface area contributed by atoms with E-state index in [0.29, 0.717) is 6.61 Å². The smallest absolute Gasteiger partial charge is 0.240 e. The highest BCUT2D eigenvalue weighted by molar-refractivity contribution is 5.81. The second-order valence-electron chi connectivity index (χ2n) is 8.48. The molecule has 1 aliphatic rings. The van der Waals surface area contributed by atoms with E-state index >= 15 is 0 Å². The number of para-hydroxylation sites is 3. The Hall–Kier alpha value is -3.64. The summed E-state index contributed by atoms with van der Waals surface area (Å²) in [5.74, 6) is 1.53. The van der Waals surface area contributed by atoms with Crippen molar-refractivity contribution in [3.8, 4) is 5.75 Å². The van der Waals surface area contributed by atoms with E-state index in [1.807, 2.05) is 65.2 Å². The molecule has 3 aromatic carbocycles. The van der Waals surface area contributed by atoms with Gasteiger partial charge in [0.15, 0.2) is 0 Å². The number of hydrogen-bond acceptors (Lipinski definition) is 4. The molecule has 0 radical (unpaired) electrons. The zero-order valence-corrected chi connectivity index (χ0v) is 18.6. The number of carbonyl (C=O) groups is 1. The summed E-state index contributed by atoms with van der Waals surface area (Å²) >= 11 is 0. The first-order valence-corrected chi connectivity index (χ1v) is 11.4. The number of likely N-dealkylation sites (tertiary alicyclic amines) is 1. The first-order valence-electron chi connectivity index (χ1n) is 11.4. The maximum atomic E-state index is 13.0. The van der Waals surface area contributed by atoms with Crippen LogP contribution in [0, 0.1) is 0 Å². The molecule has 33 heavy (non-hydrogen) atoms. The fourth-order valence-electron chi connectivity index (χ4n) is 4.43. The minimum atomic E-state index is 0.00525. The summed E-state index contributed by atoms with van der Waals surface area (Å²) in [6.45, 7) is 3.31. The molecule has 0 spiro atoms. The molecule has 1 atom stereocenters. The minimum absolute atomic E-state index is 0.00525. The predicted octanol–water partition coefficient (Wildman–Crippen LogP) is 4.01. The molecular formula is C27H28N4O2. The van der Waals surface area contributed by atoms with Gasteiger partial charge < -0.3 is 14.6 Å². The third-order valence-electron chi connectivity index (χ3n) is 6.03. The van der Waals surface area contributed by atoms with Crippen LogP contribution < -0.4 is 10.1 Å². The fraction of sp³-hybridized carbons (Fsp3) is 0.259. The average molecular weight is 441 g/mol. The third kappa shape index (κ3) is 5.23. The summed E-state index contributed by atoms with van der Waals surface area (Å²) in [6.07, 6.45) is 0.966. The van der Waals surface area contributed by atoms with Crippen molar-refractivity contribution >= 4 is 16.9 Å². The number of hydrogen-bond donors (Lipinski definition) is 1. The van der Waals surface area contributed by atoms with Crippen LogP contribution in [0.2, 0.25) is 0 Å². The average Bonchev–Trinajstić information content (AvgIpc) is 3.43. The van der Waals surface area contributed by atoms with E-state index in [9.17, 15) is 4.79 Å². The second kappa shape index (κ2) is 9.88. The van der Waals surface area contributed by atoms with Crippen molar-refractivity contribution in [3.63, 3.8) is 0 Å². The van der Waals surface area contributed by atoms with E-state index in [2.05, 4.69) is 34.5 Å². The number of nitrogens with one attached hydrogen (secondary N) is 1. The van der Waals surface area contributed by atoms with E-state index in [0.717, 1.165) is 48.7 Å². The number of aromatic nitrogens is 2. The lowest BCUT2D eigenvalue weighted by Crippen LogP contribution is -2.39. The summed E-state index contributed by atoms with van der Waals surface area (Å²) < 4.78 is 7.89. The first kappa shape index (κ1) is 21.2. The molecule has 2 heterocycles. The Morgan fingerprint density at radius 2 is 1.70 bits per heavy atom. The van der Waals surface area contributed by atoms with Gasteiger partial charge in [-0.3, -0.25) is 9.69 Å².